The van der Waals surface area contributed by atoms with Crippen molar-refractivity contribution in [3.8, 4) is 0 Å². The maximum Gasteiger partial charge on any atom is 0.500 e. The first-order valence-electron chi connectivity index (χ1n) is 5.80. The summed E-state index contributed by atoms with van der Waals surface area (Å²) in [6, 6.07) is 0.547. The van der Waals surface area contributed by atoms with E-state index in [0.717, 1.165) is 12.2 Å². The Labute approximate surface area is 114 Å². The van der Waals surface area contributed by atoms with Gasteiger partial charge in [0.25, 0.3) is 0 Å². The molecule has 8 heteroatoms. The number of hydrogen-bond acceptors (Lipinski definition) is 5. The Morgan fingerprint density at radius 2 is 1.67 bits per heavy atom. The van der Waals surface area contributed by atoms with Gasteiger partial charge in [0.2, 0.25) is 0 Å². The van der Waals surface area contributed by atoms with E-state index in [9.17, 15) is 4.79 Å². The molecular weight excluding hydrogens is 272 g/mol. The lowest BCUT2D eigenvalue weighted by atomic mass is 10.5. The molecule has 0 saturated heterocycles. The van der Waals surface area contributed by atoms with Crippen LogP contribution in [-0.4, -0.2) is 61.3 Å². The fraction of sp³-hybridized carbons (Fsp3) is 0.900. The molecule has 0 unspecified atom stereocenters. The number of thioether (sulfide) groups is 1. The van der Waals surface area contributed by atoms with Crippen LogP contribution in [0.1, 0.15) is 6.42 Å². The van der Waals surface area contributed by atoms with Crippen LogP contribution in [0, 0.1) is 0 Å². The summed E-state index contributed by atoms with van der Waals surface area (Å²) in [4.78, 5) is 11.3. The van der Waals surface area contributed by atoms with Crippen molar-refractivity contribution in [3.63, 3.8) is 0 Å². The minimum absolute atomic E-state index is 0.136. The van der Waals surface area contributed by atoms with Gasteiger partial charge in [-0.2, -0.15) is 11.8 Å². The van der Waals surface area contributed by atoms with E-state index < -0.39 is 8.80 Å². The molecule has 0 aliphatic heterocycles. The minimum atomic E-state index is -2.50. The van der Waals surface area contributed by atoms with E-state index in [1.807, 2.05) is 6.26 Å². The molecule has 2 amide bonds. The van der Waals surface area contributed by atoms with Crippen LogP contribution in [0.25, 0.3) is 0 Å². The van der Waals surface area contributed by atoms with E-state index in [2.05, 4.69) is 10.6 Å². The highest BCUT2D eigenvalue weighted by Gasteiger charge is 2.36. The van der Waals surface area contributed by atoms with Gasteiger partial charge in [-0.3, -0.25) is 0 Å². The third kappa shape index (κ3) is 7.22. The summed E-state index contributed by atoms with van der Waals surface area (Å²) in [5.74, 6) is 0.917. The molecule has 6 nitrogen and oxygen atoms in total. The van der Waals surface area contributed by atoms with Crippen LogP contribution < -0.4 is 10.6 Å². The second-order valence-corrected chi connectivity index (χ2v) is 7.65. The lowest BCUT2D eigenvalue weighted by molar-refractivity contribution is 0.123. The zero-order chi connectivity index (χ0) is 13.9. The highest BCUT2D eigenvalue weighted by Crippen LogP contribution is 2.14. The molecule has 0 aromatic rings. The van der Waals surface area contributed by atoms with Crippen molar-refractivity contribution in [1.82, 2.24) is 10.6 Å². The summed E-state index contributed by atoms with van der Waals surface area (Å²) in [5.41, 5.74) is 0. The molecule has 108 valence electrons. The molecule has 0 aromatic carbocycles. The summed E-state index contributed by atoms with van der Waals surface area (Å²) in [6.07, 6.45) is 2.77. The molecule has 18 heavy (non-hydrogen) atoms. The molecule has 0 rings (SSSR count). The monoisotopic (exact) mass is 296 g/mol. The van der Waals surface area contributed by atoms with Crippen LogP contribution in [0.5, 0.6) is 0 Å². The van der Waals surface area contributed by atoms with Crippen molar-refractivity contribution in [2.24, 2.45) is 0 Å². The van der Waals surface area contributed by atoms with Crippen molar-refractivity contribution in [3.05, 3.63) is 0 Å². The highest BCUT2D eigenvalue weighted by molar-refractivity contribution is 7.98. The third-order valence-electron chi connectivity index (χ3n) is 2.47. The number of carbonyl (C=O) groups is 1. The van der Waals surface area contributed by atoms with Gasteiger partial charge in [-0.1, -0.05) is 0 Å². The molecule has 0 atom stereocenters. The largest absolute Gasteiger partial charge is 0.500 e. The van der Waals surface area contributed by atoms with Crippen LogP contribution in [0.4, 0.5) is 4.79 Å². The predicted octanol–water partition coefficient (Wildman–Crippen LogP) is 0.917. The van der Waals surface area contributed by atoms with Crippen LogP contribution in [0.2, 0.25) is 6.04 Å². The van der Waals surface area contributed by atoms with Crippen LogP contribution in [-0.2, 0) is 13.3 Å². The second kappa shape index (κ2) is 10.6. The fourth-order valence-electron chi connectivity index (χ4n) is 1.39. The zero-order valence-electron chi connectivity index (χ0n) is 11.6. The first-order chi connectivity index (χ1) is 8.64. The molecule has 0 aromatic heterocycles. The molecular formula is C10H24N2O4SSi. The predicted molar refractivity (Wildman–Crippen MR) is 76.0 cm³/mol. The number of amides is 2. The Kier molecular flexibility index (Phi) is 10.5. The molecule has 0 bridgehead atoms. The number of hydrogen-bond donors (Lipinski definition) is 2. The Morgan fingerprint density at radius 3 is 2.17 bits per heavy atom. The van der Waals surface area contributed by atoms with Crippen LogP contribution in [0.3, 0.4) is 0 Å². The number of nitrogens with one attached hydrogen (secondary N) is 2. The Balaban J connectivity index is 3.68. The van der Waals surface area contributed by atoms with Crippen molar-refractivity contribution in [2.75, 3.05) is 46.4 Å². The van der Waals surface area contributed by atoms with Crippen LogP contribution >= 0.6 is 11.8 Å². The fourth-order valence-corrected chi connectivity index (χ4v) is 3.42. The first-order valence-corrected chi connectivity index (χ1v) is 9.12. The smallest absolute Gasteiger partial charge is 0.377 e. The van der Waals surface area contributed by atoms with Gasteiger partial charge in [0.05, 0.1) is 0 Å². The number of carbonyl (C=O) groups excluding carboxylic acids is 1. The van der Waals surface area contributed by atoms with Gasteiger partial charge in [-0.05, 0) is 12.7 Å². The summed E-state index contributed by atoms with van der Waals surface area (Å²) < 4.78 is 15.9. The van der Waals surface area contributed by atoms with Gasteiger partial charge < -0.3 is 23.9 Å². The van der Waals surface area contributed by atoms with Crippen molar-refractivity contribution >= 4 is 26.6 Å². The summed E-state index contributed by atoms with van der Waals surface area (Å²) in [5, 5.41) is 5.55. The summed E-state index contributed by atoms with van der Waals surface area (Å²) in [7, 11) is 2.26. The van der Waals surface area contributed by atoms with Gasteiger partial charge in [0, 0.05) is 46.2 Å². The Bertz CT molecular complexity index is 222. The van der Waals surface area contributed by atoms with E-state index >= 15 is 0 Å². The molecule has 0 aliphatic rings. The molecule has 0 radical (unpaired) electrons. The maximum atomic E-state index is 11.3. The van der Waals surface area contributed by atoms with E-state index in [0.29, 0.717) is 19.1 Å². The number of rotatable bonds is 10. The Morgan fingerprint density at radius 1 is 1.11 bits per heavy atom. The molecule has 0 heterocycles. The van der Waals surface area contributed by atoms with Gasteiger partial charge in [0.1, 0.15) is 0 Å². The highest BCUT2D eigenvalue weighted by atomic mass is 32.2. The standard InChI is InChI=1S/C10H24N2O4SSi/c1-14-18(15-2,16-3)9-5-6-11-10(13)12-7-8-17-4/h5-9H2,1-4H3,(H2,11,12,13). The van der Waals surface area contributed by atoms with Crippen molar-refractivity contribution < 1.29 is 18.1 Å². The second-order valence-electron chi connectivity index (χ2n) is 3.57. The minimum Gasteiger partial charge on any atom is -0.377 e. The maximum absolute atomic E-state index is 11.3. The quantitative estimate of drug-likeness (QED) is 0.463. The van der Waals surface area contributed by atoms with E-state index in [-0.39, 0.29) is 6.03 Å². The number of urea groups is 1. The van der Waals surface area contributed by atoms with Gasteiger partial charge in [0.15, 0.2) is 0 Å². The first kappa shape index (κ1) is 17.7. The zero-order valence-corrected chi connectivity index (χ0v) is 13.4. The molecule has 0 fully saturated rings. The average molecular weight is 296 g/mol. The van der Waals surface area contributed by atoms with Crippen molar-refractivity contribution in [2.45, 2.75) is 12.5 Å². The third-order valence-corrected chi connectivity index (χ3v) is 5.91. The average Bonchev–Trinajstić information content (AvgIpc) is 2.40. The Hall–Kier alpha value is -0.283. The summed E-state index contributed by atoms with van der Waals surface area (Å²) >= 11 is 1.70. The van der Waals surface area contributed by atoms with Crippen LogP contribution in [0.15, 0.2) is 0 Å². The topological polar surface area (TPSA) is 68.8 Å². The molecule has 0 aliphatic carbocycles. The van der Waals surface area contributed by atoms with Crippen molar-refractivity contribution in [1.29, 1.82) is 0 Å². The van der Waals surface area contributed by atoms with Gasteiger partial charge in [-0.15, -0.1) is 0 Å². The summed E-state index contributed by atoms with van der Waals surface area (Å²) in [6.45, 7) is 1.26. The van der Waals surface area contributed by atoms with E-state index in [1.54, 1.807) is 33.1 Å². The SMILES string of the molecule is CO[Si](CCCNC(=O)NCCSC)(OC)OC. The lowest BCUT2D eigenvalue weighted by Gasteiger charge is -2.24. The molecule has 2 N–H and O–H groups in total. The van der Waals surface area contributed by atoms with E-state index in [4.69, 9.17) is 13.3 Å². The van der Waals surface area contributed by atoms with E-state index in [1.165, 1.54) is 0 Å². The normalized spacial score (nSPS) is 11.3. The lowest BCUT2D eigenvalue weighted by Crippen LogP contribution is -2.44. The van der Waals surface area contributed by atoms with Gasteiger partial charge >= 0.3 is 14.8 Å². The van der Waals surface area contributed by atoms with Gasteiger partial charge in [-0.25, -0.2) is 4.79 Å². The molecule has 0 spiro atoms. The molecule has 0 saturated carbocycles.